The highest BCUT2D eigenvalue weighted by atomic mass is 19.1. The van der Waals surface area contributed by atoms with E-state index >= 15 is 0 Å². The van der Waals surface area contributed by atoms with Gasteiger partial charge in [-0.3, -0.25) is 4.90 Å². The van der Waals surface area contributed by atoms with Crippen molar-refractivity contribution in [1.82, 2.24) is 9.47 Å². The fourth-order valence-electron chi connectivity index (χ4n) is 5.03. The van der Waals surface area contributed by atoms with E-state index in [1.807, 2.05) is 12.1 Å². The number of likely N-dealkylation sites (N-methyl/N-ethyl adjacent to an activating group) is 1. The summed E-state index contributed by atoms with van der Waals surface area (Å²) in [5.41, 5.74) is 7.79. The van der Waals surface area contributed by atoms with Gasteiger partial charge >= 0.3 is 0 Å². The molecule has 2 aliphatic rings. The maximum absolute atomic E-state index is 13.3. The molecule has 1 saturated heterocycles. The van der Waals surface area contributed by atoms with Crippen LogP contribution in [-0.4, -0.2) is 22.6 Å². The Morgan fingerprint density at radius 2 is 1.89 bits per heavy atom. The second-order valence-electron chi connectivity index (χ2n) is 8.19. The zero-order valence-electron chi connectivity index (χ0n) is 16.2. The van der Waals surface area contributed by atoms with Gasteiger partial charge in [0.2, 0.25) is 0 Å². The van der Waals surface area contributed by atoms with Gasteiger partial charge in [0.25, 0.3) is 0 Å². The van der Waals surface area contributed by atoms with E-state index in [-0.39, 0.29) is 5.82 Å². The van der Waals surface area contributed by atoms with Crippen molar-refractivity contribution in [2.45, 2.75) is 45.2 Å². The lowest BCUT2D eigenvalue weighted by Crippen LogP contribution is -2.34. The second kappa shape index (κ2) is 6.07. The molecule has 2 aliphatic heterocycles. The molecule has 1 fully saturated rings. The summed E-state index contributed by atoms with van der Waals surface area (Å²) in [5.74, 6) is -0.190. The summed E-state index contributed by atoms with van der Waals surface area (Å²) >= 11 is 0. The van der Waals surface area contributed by atoms with Crippen LogP contribution in [0.2, 0.25) is 0 Å². The number of hydrogen-bond donors (Lipinski definition) is 0. The molecule has 2 aromatic carbocycles. The Hall–Kier alpha value is -2.39. The Bertz CT molecular complexity index is 1060. The standard InChI is InChI=1S/C24H25FN2/c1-15-4-10-22-20(12-15)21-13-19-9-11-23(26(19)3)24(21)27(22)14-16(2)17-5-7-18(25)8-6-17/h4-8,10,12,14,19,23H,9,11,13H2,1-3H3. The maximum Gasteiger partial charge on any atom is 0.123 e. The fraction of sp³-hybridized carbons (Fsp3) is 0.333. The molecule has 2 bridgehead atoms. The van der Waals surface area contributed by atoms with E-state index in [9.17, 15) is 4.39 Å². The monoisotopic (exact) mass is 360 g/mol. The van der Waals surface area contributed by atoms with Crippen molar-refractivity contribution >= 4 is 22.7 Å². The van der Waals surface area contributed by atoms with Crippen LogP contribution >= 0.6 is 0 Å². The fourth-order valence-corrected chi connectivity index (χ4v) is 5.03. The molecular formula is C24H25FN2. The summed E-state index contributed by atoms with van der Waals surface area (Å²) in [6.45, 7) is 4.29. The molecule has 1 aromatic heterocycles. The quantitative estimate of drug-likeness (QED) is 0.561. The van der Waals surface area contributed by atoms with Gasteiger partial charge in [0.1, 0.15) is 5.82 Å². The molecule has 27 heavy (non-hydrogen) atoms. The van der Waals surface area contributed by atoms with Crippen molar-refractivity contribution in [2.24, 2.45) is 0 Å². The molecule has 2 unspecified atom stereocenters. The van der Waals surface area contributed by atoms with E-state index < -0.39 is 0 Å². The van der Waals surface area contributed by atoms with Crippen LogP contribution in [0.5, 0.6) is 0 Å². The van der Waals surface area contributed by atoms with Gasteiger partial charge in [-0.15, -0.1) is 0 Å². The van der Waals surface area contributed by atoms with Gasteiger partial charge in [0, 0.05) is 23.3 Å². The summed E-state index contributed by atoms with van der Waals surface area (Å²) in [6, 6.07) is 14.8. The largest absolute Gasteiger partial charge is 0.318 e. The zero-order chi connectivity index (χ0) is 18.7. The third-order valence-electron chi connectivity index (χ3n) is 6.52. The highest BCUT2D eigenvalue weighted by molar-refractivity contribution is 5.91. The molecule has 0 amide bonds. The summed E-state index contributed by atoms with van der Waals surface area (Å²) in [5, 5.41) is 1.40. The van der Waals surface area contributed by atoms with Crippen LogP contribution in [0, 0.1) is 12.7 Å². The first-order valence-corrected chi connectivity index (χ1v) is 9.82. The van der Waals surface area contributed by atoms with E-state index in [0.29, 0.717) is 12.1 Å². The van der Waals surface area contributed by atoms with E-state index in [2.05, 4.69) is 54.8 Å². The smallest absolute Gasteiger partial charge is 0.123 e. The molecule has 3 aromatic rings. The summed E-state index contributed by atoms with van der Waals surface area (Å²) in [7, 11) is 2.27. The molecule has 3 heteroatoms. The molecule has 2 atom stereocenters. The van der Waals surface area contributed by atoms with Crippen LogP contribution in [0.1, 0.15) is 48.2 Å². The molecule has 0 aliphatic carbocycles. The average Bonchev–Trinajstić information content (AvgIpc) is 3.06. The predicted octanol–water partition coefficient (Wildman–Crippen LogP) is 5.80. The maximum atomic E-state index is 13.3. The van der Waals surface area contributed by atoms with Crippen LogP contribution in [0.25, 0.3) is 22.7 Å². The number of hydrogen-bond acceptors (Lipinski definition) is 1. The summed E-state index contributed by atoms with van der Waals surface area (Å²) in [4.78, 5) is 2.56. The minimum absolute atomic E-state index is 0.190. The zero-order valence-corrected chi connectivity index (χ0v) is 16.2. The number of aromatic nitrogens is 1. The number of benzene rings is 2. The normalized spacial score (nSPS) is 22.4. The lowest BCUT2D eigenvalue weighted by molar-refractivity contribution is 0.220. The van der Waals surface area contributed by atoms with Crippen molar-refractivity contribution in [3.8, 4) is 0 Å². The highest BCUT2D eigenvalue weighted by Crippen LogP contribution is 2.46. The van der Waals surface area contributed by atoms with Crippen molar-refractivity contribution < 1.29 is 4.39 Å². The minimum Gasteiger partial charge on any atom is -0.318 e. The predicted molar refractivity (Wildman–Crippen MR) is 110 cm³/mol. The number of rotatable bonds is 2. The third-order valence-corrected chi connectivity index (χ3v) is 6.52. The van der Waals surface area contributed by atoms with Crippen LogP contribution in [0.4, 0.5) is 4.39 Å². The third kappa shape index (κ3) is 2.56. The average molecular weight is 360 g/mol. The Morgan fingerprint density at radius 1 is 1.11 bits per heavy atom. The first kappa shape index (κ1) is 16.8. The molecule has 0 N–H and O–H groups in total. The number of fused-ring (bicyclic) bond motifs is 6. The van der Waals surface area contributed by atoms with Gasteiger partial charge in [-0.25, -0.2) is 4.39 Å². The Morgan fingerprint density at radius 3 is 2.67 bits per heavy atom. The number of aryl methyl sites for hydroxylation is 1. The Balaban J connectivity index is 1.73. The minimum atomic E-state index is -0.190. The lowest BCUT2D eigenvalue weighted by Gasteiger charge is -2.32. The van der Waals surface area contributed by atoms with E-state index in [0.717, 1.165) is 17.6 Å². The van der Waals surface area contributed by atoms with E-state index in [1.54, 1.807) is 0 Å². The molecule has 138 valence electrons. The summed E-state index contributed by atoms with van der Waals surface area (Å²) in [6.07, 6.45) is 5.89. The van der Waals surface area contributed by atoms with Gasteiger partial charge in [-0.05, 0) is 81.1 Å². The first-order valence-electron chi connectivity index (χ1n) is 9.82. The van der Waals surface area contributed by atoms with Gasteiger partial charge in [0.15, 0.2) is 0 Å². The van der Waals surface area contributed by atoms with E-state index in [1.165, 1.54) is 52.7 Å². The van der Waals surface area contributed by atoms with Gasteiger partial charge < -0.3 is 4.57 Å². The van der Waals surface area contributed by atoms with Crippen LogP contribution in [-0.2, 0) is 6.42 Å². The van der Waals surface area contributed by atoms with Gasteiger partial charge in [0.05, 0.1) is 11.6 Å². The van der Waals surface area contributed by atoms with Crippen molar-refractivity contribution in [3.05, 3.63) is 70.7 Å². The number of allylic oxidation sites excluding steroid dienone is 1. The molecule has 2 nitrogen and oxygen atoms in total. The van der Waals surface area contributed by atoms with Crippen LogP contribution < -0.4 is 0 Å². The van der Waals surface area contributed by atoms with Gasteiger partial charge in [-0.2, -0.15) is 0 Å². The summed E-state index contributed by atoms with van der Waals surface area (Å²) < 4.78 is 15.7. The molecule has 0 radical (unpaired) electrons. The van der Waals surface area contributed by atoms with Crippen molar-refractivity contribution in [3.63, 3.8) is 0 Å². The van der Waals surface area contributed by atoms with Crippen molar-refractivity contribution in [1.29, 1.82) is 0 Å². The molecule has 5 rings (SSSR count). The van der Waals surface area contributed by atoms with Gasteiger partial charge in [-0.1, -0.05) is 23.8 Å². The Kier molecular flexibility index (Phi) is 3.76. The van der Waals surface area contributed by atoms with Crippen molar-refractivity contribution in [2.75, 3.05) is 7.05 Å². The molecule has 0 saturated carbocycles. The lowest BCUT2D eigenvalue weighted by atomic mass is 9.97. The topological polar surface area (TPSA) is 8.17 Å². The molecule has 0 spiro atoms. The Labute approximate surface area is 159 Å². The SMILES string of the molecule is CC(=Cn1c2c(c3cc(C)ccc31)CC1CCC2N1C)c1ccc(F)cc1. The van der Waals surface area contributed by atoms with Crippen LogP contribution in [0.15, 0.2) is 42.5 Å². The molecular weight excluding hydrogens is 335 g/mol. The second-order valence-corrected chi connectivity index (χ2v) is 8.19. The van der Waals surface area contributed by atoms with Crippen LogP contribution in [0.3, 0.4) is 0 Å². The molecule has 3 heterocycles. The van der Waals surface area contributed by atoms with E-state index in [4.69, 9.17) is 0 Å². The first-order chi connectivity index (χ1) is 13.0. The highest BCUT2D eigenvalue weighted by Gasteiger charge is 2.40. The number of halogens is 1. The number of nitrogens with zero attached hydrogens (tertiary/aromatic N) is 2.